The number of amides is 2. The highest BCUT2D eigenvalue weighted by Crippen LogP contribution is 2.19. The van der Waals surface area contributed by atoms with Gasteiger partial charge < -0.3 is 24.4 Å². The molecule has 7 nitrogen and oxygen atoms in total. The van der Waals surface area contributed by atoms with Crippen molar-refractivity contribution in [3.8, 4) is 0 Å². The van der Waals surface area contributed by atoms with Gasteiger partial charge in [0.2, 0.25) is 11.8 Å². The van der Waals surface area contributed by atoms with Gasteiger partial charge in [0.15, 0.2) is 0 Å². The van der Waals surface area contributed by atoms with Crippen molar-refractivity contribution in [3.63, 3.8) is 0 Å². The first-order valence-corrected chi connectivity index (χ1v) is 11.0. The van der Waals surface area contributed by atoms with Gasteiger partial charge >= 0.3 is 0 Å². The van der Waals surface area contributed by atoms with E-state index in [9.17, 15) is 9.59 Å². The number of benzene rings is 1. The Labute approximate surface area is 179 Å². The summed E-state index contributed by atoms with van der Waals surface area (Å²) in [7, 11) is 0. The number of rotatable bonds is 10. The number of anilines is 1. The van der Waals surface area contributed by atoms with Crippen LogP contribution < -0.4 is 5.32 Å². The standard InChI is InChI=1S/C23H34N2O5/c1-17-6-3-9-21(18(17)2)24-22(26)15-25(14-19-7-4-11-29-19)23(27)10-13-28-16-20-8-5-12-30-20/h3,6,9,19-20H,4-5,7-8,10-16H2,1-2H3,(H,24,26). The number of hydrogen-bond donors (Lipinski definition) is 1. The third-order valence-electron chi connectivity index (χ3n) is 5.80. The van der Waals surface area contributed by atoms with Crippen molar-refractivity contribution in [1.82, 2.24) is 4.90 Å². The van der Waals surface area contributed by atoms with E-state index in [4.69, 9.17) is 14.2 Å². The normalized spacial score (nSPS) is 21.0. The Morgan fingerprint density at radius 3 is 2.57 bits per heavy atom. The molecule has 7 heteroatoms. The Morgan fingerprint density at radius 1 is 1.13 bits per heavy atom. The smallest absolute Gasteiger partial charge is 0.244 e. The largest absolute Gasteiger partial charge is 0.378 e. The lowest BCUT2D eigenvalue weighted by Gasteiger charge is -2.25. The zero-order valence-corrected chi connectivity index (χ0v) is 18.2. The van der Waals surface area contributed by atoms with E-state index < -0.39 is 0 Å². The lowest BCUT2D eigenvalue weighted by atomic mass is 10.1. The molecule has 0 saturated carbocycles. The van der Waals surface area contributed by atoms with Crippen molar-refractivity contribution in [2.75, 3.05) is 44.8 Å². The van der Waals surface area contributed by atoms with Gasteiger partial charge in [-0.2, -0.15) is 0 Å². The second-order valence-corrected chi connectivity index (χ2v) is 8.16. The van der Waals surface area contributed by atoms with E-state index in [0.717, 1.165) is 49.1 Å². The molecule has 2 heterocycles. The third kappa shape index (κ3) is 6.79. The second kappa shape index (κ2) is 11.4. The van der Waals surface area contributed by atoms with Crippen LogP contribution in [0.4, 0.5) is 5.69 Å². The molecule has 2 saturated heterocycles. The molecule has 2 unspecified atom stereocenters. The van der Waals surface area contributed by atoms with E-state index >= 15 is 0 Å². The maximum absolute atomic E-state index is 12.8. The molecule has 0 aliphatic carbocycles. The van der Waals surface area contributed by atoms with Crippen molar-refractivity contribution >= 4 is 17.5 Å². The number of carbonyl (C=O) groups is 2. The summed E-state index contributed by atoms with van der Waals surface area (Å²) in [6, 6.07) is 5.80. The molecule has 2 aliphatic rings. The fourth-order valence-corrected chi connectivity index (χ4v) is 3.85. The summed E-state index contributed by atoms with van der Waals surface area (Å²) in [5, 5.41) is 2.94. The molecule has 3 rings (SSSR count). The molecular weight excluding hydrogens is 384 g/mol. The third-order valence-corrected chi connectivity index (χ3v) is 5.80. The van der Waals surface area contributed by atoms with Crippen LogP contribution in [0.5, 0.6) is 0 Å². The minimum absolute atomic E-state index is 0.00439. The van der Waals surface area contributed by atoms with E-state index in [0.29, 0.717) is 26.4 Å². The van der Waals surface area contributed by atoms with Crippen LogP contribution in [0.2, 0.25) is 0 Å². The first-order chi connectivity index (χ1) is 14.5. The molecule has 1 aromatic rings. The van der Waals surface area contributed by atoms with E-state index in [2.05, 4.69) is 5.32 Å². The van der Waals surface area contributed by atoms with Crippen LogP contribution in [0, 0.1) is 13.8 Å². The number of carbonyl (C=O) groups excluding carboxylic acids is 2. The average molecular weight is 419 g/mol. The Hall–Kier alpha value is -1.96. The quantitative estimate of drug-likeness (QED) is 0.591. The van der Waals surface area contributed by atoms with Gasteiger partial charge in [0.25, 0.3) is 0 Å². The number of nitrogens with one attached hydrogen (secondary N) is 1. The maximum Gasteiger partial charge on any atom is 0.244 e. The summed E-state index contributed by atoms with van der Waals surface area (Å²) < 4.78 is 16.9. The molecule has 0 aromatic heterocycles. The zero-order chi connectivity index (χ0) is 21.3. The lowest BCUT2D eigenvalue weighted by Crippen LogP contribution is -2.42. The molecular formula is C23H34N2O5. The fraction of sp³-hybridized carbons (Fsp3) is 0.652. The second-order valence-electron chi connectivity index (χ2n) is 8.16. The molecule has 0 bridgehead atoms. The topological polar surface area (TPSA) is 77.1 Å². The van der Waals surface area contributed by atoms with Gasteiger partial charge in [-0.05, 0) is 56.7 Å². The van der Waals surface area contributed by atoms with Gasteiger partial charge in [-0.15, -0.1) is 0 Å². The van der Waals surface area contributed by atoms with Crippen LogP contribution in [0.1, 0.15) is 43.2 Å². The van der Waals surface area contributed by atoms with E-state index in [1.54, 1.807) is 4.90 Å². The molecule has 2 aliphatic heterocycles. The summed E-state index contributed by atoms with van der Waals surface area (Å²) in [6.45, 7) is 6.79. The van der Waals surface area contributed by atoms with Gasteiger partial charge in [-0.1, -0.05) is 12.1 Å². The highest BCUT2D eigenvalue weighted by Gasteiger charge is 2.25. The number of hydrogen-bond acceptors (Lipinski definition) is 5. The van der Waals surface area contributed by atoms with E-state index in [-0.39, 0.29) is 37.0 Å². The van der Waals surface area contributed by atoms with Crippen LogP contribution in [0.3, 0.4) is 0 Å². The van der Waals surface area contributed by atoms with Crippen LogP contribution in [0.15, 0.2) is 18.2 Å². The molecule has 2 amide bonds. The van der Waals surface area contributed by atoms with Crippen LogP contribution in [-0.4, -0.2) is 68.4 Å². The SMILES string of the molecule is Cc1cccc(NC(=O)CN(CC2CCCO2)C(=O)CCOCC2CCCO2)c1C. The van der Waals surface area contributed by atoms with Crippen molar-refractivity contribution in [1.29, 1.82) is 0 Å². The molecule has 30 heavy (non-hydrogen) atoms. The maximum atomic E-state index is 12.8. The molecule has 1 N–H and O–H groups in total. The predicted molar refractivity (Wildman–Crippen MR) is 115 cm³/mol. The van der Waals surface area contributed by atoms with Gasteiger partial charge in [0, 0.05) is 25.4 Å². The summed E-state index contributed by atoms with van der Waals surface area (Å²) in [5.41, 5.74) is 2.93. The Bertz CT molecular complexity index is 712. The van der Waals surface area contributed by atoms with Gasteiger partial charge in [-0.25, -0.2) is 0 Å². The Balaban J connectivity index is 1.51. The average Bonchev–Trinajstić information content (AvgIpc) is 3.42. The first-order valence-electron chi connectivity index (χ1n) is 11.0. The Morgan fingerprint density at radius 2 is 1.87 bits per heavy atom. The van der Waals surface area contributed by atoms with Crippen molar-refractivity contribution in [3.05, 3.63) is 29.3 Å². The summed E-state index contributed by atoms with van der Waals surface area (Å²) >= 11 is 0. The number of nitrogens with zero attached hydrogens (tertiary/aromatic N) is 1. The fourth-order valence-electron chi connectivity index (χ4n) is 3.85. The van der Waals surface area contributed by atoms with Gasteiger partial charge in [0.05, 0.1) is 38.4 Å². The summed E-state index contributed by atoms with van der Waals surface area (Å²) in [6.07, 6.45) is 4.37. The zero-order valence-electron chi connectivity index (χ0n) is 18.2. The van der Waals surface area contributed by atoms with Crippen molar-refractivity contribution in [2.24, 2.45) is 0 Å². The molecule has 1 aromatic carbocycles. The van der Waals surface area contributed by atoms with Gasteiger partial charge in [0.1, 0.15) is 0 Å². The minimum Gasteiger partial charge on any atom is -0.378 e. The Kier molecular flexibility index (Phi) is 8.66. The van der Waals surface area contributed by atoms with Crippen LogP contribution in [-0.2, 0) is 23.8 Å². The molecule has 2 atom stereocenters. The van der Waals surface area contributed by atoms with E-state index in [1.807, 2.05) is 32.0 Å². The monoisotopic (exact) mass is 418 g/mol. The van der Waals surface area contributed by atoms with Crippen molar-refractivity contribution in [2.45, 2.75) is 58.2 Å². The lowest BCUT2D eigenvalue weighted by molar-refractivity contribution is -0.137. The predicted octanol–water partition coefficient (Wildman–Crippen LogP) is 2.84. The molecule has 0 radical (unpaired) electrons. The van der Waals surface area contributed by atoms with Crippen LogP contribution >= 0.6 is 0 Å². The highest BCUT2D eigenvalue weighted by molar-refractivity contribution is 5.95. The van der Waals surface area contributed by atoms with E-state index in [1.165, 1.54) is 0 Å². The van der Waals surface area contributed by atoms with Crippen LogP contribution in [0.25, 0.3) is 0 Å². The highest BCUT2D eigenvalue weighted by atomic mass is 16.5. The minimum atomic E-state index is -0.199. The molecule has 166 valence electrons. The summed E-state index contributed by atoms with van der Waals surface area (Å²) in [5.74, 6) is -0.288. The number of ether oxygens (including phenoxy) is 3. The molecule has 2 fully saturated rings. The number of aryl methyl sites for hydroxylation is 1. The van der Waals surface area contributed by atoms with Crippen molar-refractivity contribution < 1.29 is 23.8 Å². The first kappa shape index (κ1) is 22.7. The molecule has 0 spiro atoms. The summed E-state index contributed by atoms with van der Waals surface area (Å²) in [4.78, 5) is 27.1. The van der Waals surface area contributed by atoms with Gasteiger partial charge in [-0.3, -0.25) is 9.59 Å².